The van der Waals surface area contributed by atoms with Gasteiger partial charge in [0.05, 0.1) is 6.42 Å². The predicted molar refractivity (Wildman–Crippen MR) is 94.0 cm³/mol. The van der Waals surface area contributed by atoms with Crippen molar-refractivity contribution in [2.75, 3.05) is 0 Å². The van der Waals surface area contributed by atoms with Gasteiger partial charge in [-0.05, 0) is 19.3 Å². The maximum atomic E-state index is 11.6. The number of hydroxylamine groups is 2. The second-order valence-corrected chi connectivity index (χ2v) is 6.01. The van der Waals surface area contributed by atoms with Crippen molar-refractivity contribution in [1.82, 2.24) is 11.0 Å². The fraction of sp³-hybridized carbons (Fsp3) is 0.765. The van der Waals surface area contributed by atoms with Gasteiger partial charge in [0.1, 0.15) is 6.04 Å². The molecule has 0 heterocycles. The smallest absolute Gasteiger partial charge is 0.341 e. The molecule has 0 aliphatic rings. The summed E-state index contributed by atoms with van der Waals surface area (Å²) in [5.74, 6) is -2.32. The highest BCUT2D eigenvalue weighted by Gasteiger charge is 2.19. The van der Waals surface area contributed by atoms with Crippen LogP contribution in [-0.2, 0) is 28.9 Å². The van der Waals surface area contributed by atoms with E-state index in [0.29, 0.717) is 6.42 Å². The highest BCUT2D eigenvalue weighted by molar-refractivity contribution is 5.81. The van der Waals surface area contributed by atoms with E-state index >= 15 is 0 Å². The Labute approximate surface area is 154 Å². The molecule has 9 nitrogen and oxygen atoms in total. The predicted octanol–water partition coefficient (Wildman–Crippen LogP) is 1.40. The molecule has 2 amide bonds. The molecular weight excluding hydrogens is 342 g/mol. The van der Waals surface area contributed by atoms with Crippen LogP contribution in [0.1, 0.15) is 78.1 Å². The molecule has 1 atom stereocenters. The van der Waals surface area contributed by atoms with Crippen molar-refractivity contribution >= 4 is 23.8 Å². The Morgan fingerprint density at radius 2 is 1.31 bits per heavy atom. The third-order valence-corrected chi connectivity index (χ3v) is 3.52. The molecule has 0 fully saturated rings. The molecule has 0 saturated carbocycles. The van der Waals surface area contributed by atoms with Crippen LogP contribution in [0.5, 0.6) is 0 Å². The van der Waals surface area contributed by atoms with Crippen LogP contribution >= 0.6 is 0 Å². The first-order chi connectivity index (χ1) is 12.4. The second-order valence-electron chi connectivity index (χ2n) is 6.01. The first kappa shape index (κ1) is 23.8. The van der Waals surface area contributed by atoms with Gasteiger partial charge in [-0.15, -0.1) is 0 Å². The topological polar surface area (TPSA) is 137 Å². The lowest BCUT2D eigenvalue weighted by atomic mass is 10.2. The molecule has 4 N–H and O–H groups in total. The van der Waals surface area contributed by atoms with E-state index in [0.717, 1.165) is 32.1 Å². The van der Waals surface area contributed by atoms with Crippen LogP contribution in [0, 0.1) is 0 Å². The van der Waals surface area contributed by atoms with Gasteiger partial charge >= 0.3 is 11.9 Å². The molecule has 0 aromatic heterocycles. The van der Waals surface area contributed by atoms with Crippen LogP contribution in [0.3, 0.4) is 0 Å². The molecule has 0 radical (unpaired) electrons. The zero-order valence-electron chi connectivity index (χ0n) is 15.7. The lowest BCUT2D eigenvalue weighted by Crippen LogP contribution is -2.38. The molecule has 0 unspecified atom stereocenters. The lowest BCUT2D eigenvalue weighted by molar-refractivity contribution is -0.161. The Morgan fingerprint density at radius 3 is 1.81 bits per heavy atom. The molecule has 150 valence electrons. The fourth-order valence-electron chi connectivity index (χ4n) is 1.91. The number of carbonyl (C=O) groups excluding carboxylic acids is 4. The summed E-state index contributed by atoms with van der Waals surface area (Å²) in [6.45, 7) is 4.03. The summed E-state index contributed by atoms with van der Waals surface area (Å²) in [5.41, 5.74) is 9.68. The number of hydrogen-bond donors (Lipinski definition) is 3. The maximum Gasteiger partial charge on any atom is 0.348 e. The number of carbonyl (C=O) groups is 4. The van der Waals surface area contributed by atoms with Crippen molar-refractivity contribution in [3.05, 3.63) is 0 Å². The highest BCUT2D eigenvalue weighted by atomic mass is 16.7. The fourth-order valence-corrected chi connectivity index (χ4v) is 1.91. The summed E-state index contributed by atoms with van der Waals surface area (Å²) < 4.78 is 0. The van der Waals surface area contributed by atoms with E-state index in [4.69, 9.17) is 5.73 Å². The van der Waals surface area contributed by atoms with Gasteiger partial charge in [0, 0.05) is 12.8 Å². The van der Waals surface area contributed by atoms with Crippen LogP contribution in [0.2, 0.25) is 0 Å². The molecule has 26 heavy (non-hydrogen) atoms. The van der Waals surface area contributed by atoms with Gasteiger partial charge in [0.2, 0.25) is 0 Å². The summed E-state index contributed by atoms with van der Waals surface area (Å²) in [6.07, 6.45) is 5.58. The van der Waals surface area contributed by atoms with E-state index in [9.17, 15) is 19.2 Å². The van der Waals surface area contributed by atoms with Crippen LogP contribution in [0.4, 0.5) is 0 Å². The monoisotopic (exact) mass is 373 g/mol. The minimum absolute atomic E-state index is 0.0327. The standard InChI is InChI=1S/C17H31N3O6/c1-3-5-7-9-14(21)19-25-16(23)12-11-13(18)17(24)26-20-15(22)10-8-6-4-2/h13H,3-12,18H2,1-2H3,(H,19,21)(H,20,22)/t13-/m0/s1. The quantitative estimate of drug-likeness (QED) is 0.347. The molecule has 0 spiro atoms. The van der Waals surface area contributed by atoms with Gasteiger partial charge in [0.15, 0.2) is 0 Å². The zero-order chi connectivity index (χ0) is 19.8. The number of nitrogens with one attached hydrogen (secondary N) is 2. The van der Waals surface area contributed by atoms with Crippen molar-refractivity contribution in [3.63, 3.8) is 0 Å². The summed E-state index contributed by atoms with van der Waals surface area (Å²) >= 11 is 0. The first-order valence-electron chi connectivity index (χ1n) is 9.14. The summed E-state index contributed by atoms with van der Waals surface area (Å²) in [5, 5.41) is 0. The molecule has 9 heteroatoms. The minimum Gasteiger partial charge on any atom is -0.341 e. The Bertz CT molecular complexity index is 456. The zero-order valence-corrected chi connectivity index (χ0v) is 15.7. The van der Waals surface area contributed by atoms with Gasteiger partial charge in [-0.2, -0.15) is 11.0 Å². The van der Waals surface area contributed by atoms with Crippen LogP contribution < -0.4 is 16.7 Å². The van der Waals surface area contributed by atoms with Gasteiger partial charge in [0.25, 0.3) is 11.8 Å². The molecule has 0 aliphatic heterocycles. The molecule has 0 aromatic rings. The highest BCUT2D eigenvalue weighted by Crippen LogP contribution is 2.01. The average Bonchev–Trinajstić information content (AvgIpc) is 2.62. The van der Waals surface area contributed by atoms with Crippen molar-refractivity contribution in [1.29, 1.82) is 0 Å². The normalized spacial score (nSPS) is 11.3. The number of amides is 2. The molecule has 0 bridgehead atoms. The van der Waals surface area contributed by atoms with Crippen molar-refractivity contribution in [2.45, 2.75) is 84.1 Å². The van der Waals surface area contributed by atoms with E-state index in [1.807, 2.05) is 19.3 Å². The van der Waals surface area contributed by atoms with Crippen molar-refractivity contribution in [2.24, 2.45) is 5.73 Å². The number of nitrogens with two attached hydrogens (primary N) is 1. The van der Waals surface area contributed by atoms with Crippen molar-refractivity contribution < 1.29 is 28.9 Å². The summed E-state index contributed by atoms with van der Waals surface area (Å²) in [4.78, 5) is 55.1. The SMILES string of the molecule is CCCCCC(=O)NOC(=O)CC[C@H](N)C(=O)ONC(=O)CCCCC. The molecule has 0 rings (SSSR count). The summed E-state index contributed by atoms with van der Waals surface area (Å²) in [7, 11) is 0. The molecular formula is C17H31N3O6. The van der Waals surface area contributed by atoms with E-state index in [-0.39, 0.29) is 31.6 Å². The third-order valence-electron chi connectivity index (χ3n) is 3.52. The van der Waals surface area contributed by atoms with Gasteiger partial charge in [-0.25, -0.2) is 9.59 Å². The van der Waals surface area contributed by atoms with E-state index < -0.39 is 23.9 Å². The van der Waals surface area contributed by atoms with Crippen LogP contribution in [-0.4, -0.2) is 29.8 Å². The van der Waals surface area contributed by atoms with Crippen LogP contribution in [0.15, 0.2) is 0 Å². The second kappa shape index (κ2) is 15.1. The number of hydrogen-bond acceptors (Lipinski definition) is 7. The van der Waals surface area contributed by atoms with Crippen molar-refractivity contribution in [3.8, 4) is 0 Å². The molecule has 0 aromatic carbocycles. The lowest BCUT2D eigenvalue weighted by Gasteiger charge is -2.11. The Hall–Kier alpha value is -2.16. The number of unbranched alkanes of at least 4 members (excludes halogenated alkanes) is 4. The van der Waals surface area contributed by atoms with Gasteiger partial charge < -0.3 is 15.4 Å². The van der Waals surface area contributed by atoms with E-state index in [1.165, 1.54) is 0 Å². The van der Waals surface area contributed by atoms with Gasteiger partial charge in [-0.1, -0.05) is 39.5 Å². The first-order valence-corrected chi connectivity index (χ1v) is 9.14. The molecule has 0 saturated heterocycles. The van der Waals surface area contributed by atoms with E-state index in [1.54, 1.807) is 0 Å². The largest absolute Gasteiger partial charge is 0.348 e. The maximum absolute atomic E-state index is 11.6. The Kier molecular flexibility index (Phi) is 13.9. The summed E-state index contributed by atoms with van der Waals surface area (Å²) in [6, 6.07) is -1.08. The molecule has 0 aliphatic carbocycles. The Balaban J connectivity index is 3.85. The van der Waals surface area contributed by atoms with E-state index in [2.05, 4.69) is 15.2 Å². The minimum atomic E-state index is -1.08. The number of rotatable bonds is 12. The van der Waals surface area contributed by atoms with Crippen LogP contribution in [0.25, 0.3) is 0 Å². The average molecular weight is 373 g/mol. The third kappa shape index (κ3) is 13.2. The Morgan fingerprint density at radius 1 is 0.808 bits per heavy atom. The van der Waals surface area contributed by atoms with Gasteiger partial charge in [-0.3, -0.25) is 9.59 Å².